The zero-order valence-electron chi connectivity index (χ0n) is 20.9. The molecule has 2 aromatic rings. The summed E-state index contributed by atoms with van der Waals surface area (Å²) in [5, 5.41) is 6.44. The maximum absolute atomic E-state index is 14.7. The number of nitrogens with one attached hydrogen (secondary N) is 1. The lowest BCUT2D eigenvalue weighted by Gasteiger charge is -2.45. The summed E-state index contributed by atoms with van der Waals surface area (Å²) in [6.07, 6.45) is -8.17. The van der Waals surface area contributed by atoms with E-state index in [9.17, 15) is 35.2 Å². The van der Waals surface area contributed by atoms with Crippen LogP contribution in [0.3, 0.4) is 0 Å². The molecule has 15 heteroatoms. The molecule has 38 heavy (non-hydrogen) atoms. The van der Waals surface area contributed by atoms with Crippen LogP contribution in [-0.4, -0.2) is 64.8 Å². The van der Waals surface area contributed by atoms with E-state index in [1.54, 1.807) is 20.8 Å². The van der Waals surface area contributed by atoms with Gasteiger partial charge in [-0.2, -0.15) is 22.4 Å². The molecule has 9 nitrogen and oxygen atoms in total. The number of hydrogen-bond donors (Lipinski definition) is 1. The van der Waals surface area contributed by atoms with Gasteiger partial charge in [-0.1, -0.05) is 0 Å². The standard InChI is InChI=1S/C23H27F5N4O5S/c1-22(2,3)37-21(33)29-16-8-18(31-9-12-10-32(38(4,34)35)30-17(12)11-31)20(23(26,27)28)36-19(16)14-7-13(24)5-6-15(14)25/h5-7,10,16,18-20H,8-9,11H2,1-4H3,(H,29,33)/t16-,18?,19+,20+/m0/s1. The fraction of sp³-hybridized carbons (Fsp3) is 0.565. The molecule has 4 rings (SSSR count). The van der Waals surface area contributed by atoms with E-state index in [1.807, 2.05) is 0 Å². The number of alkyl halides is 3. The number of aromatic nitrogens is 2. The van der Waals surface area contributed by atoms with Crippen LogP contribution in [0.4, 0.5) is 26.7 Å². The summed E-state index contributed by atoms with van der Waals surface area (Å²) < 4.78 is 106. The van der Waals surface area contributed by atoms with Crippen molar-refractivity contribution in [2.45, 2.75) is 76.4 Å². The highest BCUT2D eigenvalue weighted by atomic mass is 32.2. The van der Waals surface area contributed by atoms with Crippen LogP contribution in [-0.2, 0) is 32.6 Å². The molecule has 3 heterocycles. The van der Waals surface area contributed by atoms with Crippen molar-refractivity contribution >= 4 is 16.1 Å². The molecule has 0 radical (unpaired) electrons. The van der Waals surface area contributed by atoms with Gasteiger partial charge in [0.05, 0.1) is 18.0 Å². The van der Waals surface area contributed by atoms with E-state index in [-0.39, 0.29) is 25.2 Å². The number of hydrogen-bond acceptors (Lipinski definition) is 7. The second-order valence-electron chi connectivity index (χ2n) is 10.4. The summed E-state index contributed by atoms with van der Waals surface area (Å²) in [6, 6.07) is -0.277. The molecule has 1 unspecified atom stereocenters. The zero-order chi connectivity index (χ0) is 28.2. The van der Waals surface area contributed by atoms with Crippen molar-refractivity contribution in [1.82, 2.24) is 19.4 Å². The van der Waals surface area contributed by atoms with Crippen LogP contribution in [0.25, 0.3) is 0 Å². The largest absolute Gasteiger partial charge is 0.444 e. The number of ether oxygens (including phenoxy) is 2. The van der Waals surface area contributed by atoms with Gasteiger partial charge < -0.3 is 14.8 Å². The molecule has 4 atom stereocenters. The Morgan fingerprint density at radius 1 is 1.18 bits per heavy atom. The van der Waals surface area contributed by atoms with E-state index in [4.69, 9.17) is 9.47 Å². The highest BCUT2D eigenvalue weighted by molar-refractivity contribution is 7.89. The Hall–Kier alpha value is -2.78. The van der Waals surface area contributed by atoms with Crippen molar-refractivity contribution in [2.24, 2.45) is 0 Å². The first-order valence-corrected chi connectivity index (χ1v) is 13.5. The molecule has 1 aromatic heterocycles. The van der Waals surface area contributed by atoms with Gasteiger partial charge in [0, 0.05) is 36.5 Å². The van der Waals surface area contributed by atoms with Crippen LogP contribution in [0.15, 0.2) is 24.4 Å². The van der Waals surface area contributed by atoms with Gasteiger partial charge in [-0.25, -0.2) is 22.0 Å². The highest BCUT2D eigenvalue weighted by Gasteiger charge is 2.55. The Labute approximate surface area is 215 Å². The number of rotatable bonds is 4. The second kappa shape index (κ2) is 9.75. The third-order valence-corrected chi connectivity index (χ3v) is 7.05. The minimum absolute atomic E-state index is 0.0659. The van der Waals surface area contributed by atoms with E-state index < -0.39 is 69.4 Å². The molecular weight excluding hydrogens is 539 g/mol. The first-order chi connectivity index (χ1) is 17.4. The van der Waals surface area contributed by atoms with E-state index in [1.165, 1.54) is 11.1 Å². The predicted octanol–water partition coefficient (Wildman–Crippen LogP) is 3.64. The van der Waals surface area contributed by atoms with Crippen LogP contribution in [0.5, 0.6) is 0 Å². The maximum atomic E-state index is 14.7. The van der Waals surface area contributed by atoms with Crippen molar-refractivity contribution in [1.29, 1.82) is 0 Å². The number of amides is 1. The van der Waals surface area contributed by atoms with Crippen LogP contribution in [0, 0.1) is 11.6 Å². The molecule has 210 valence electrons. The average molecular weight is 567 g/mol. The average Bonchev–Trinajstić information content (AvgIpc) is 3.32. The number of benzene rings is 1. The van der Waals surface area contributed by atoms with Gasteiger partial charge in [-0.05, 0) is 45.4 Å². The molecule has 0 saturated carbocycles. The zero-order valence-corrected chi connectivity index (χ0v) is 21.7. The number of alkyl carbamates (subject to hydrolysis) is 1. The van der Waals surface area contributed by atoms with Crippen LogP contribution < -0.4 is 5.32 Å². The lowest BCUT2D eigenvalue weighted by atomic mass is 9.88. The summed E-state index contributed by atoms with van der Waals surface area (Å²) in [5.41, 5.74) is -0.708. The highest BCUT2D eigenvalue weighted by Crippen LogP contribution is 2.43. The molecule has 0 bridgehead atoms. The molecule has 1 saturated heterocycles. The number of fused-ring (bicyclic) bond motifs is 1. The normalized spacial score (nSPS) is 24.8. The maximum Gasteiger partial charge on any atom is 0.416 e. The molecule has 1 amide bonds. The number of halogens is 5. The summed E-state index contributed by atoms with van der Waals surface area (Å²) in [4.78, 5) is 14.0. The quantitative estimate of drug-likeness (QED) is 0.564. The molecule has 1 fully saturated rings. The Morgan fingerprint density at radius 3 is 2.45 bits per heavy atom. The predicted molar refractivity (Wildman–Crippen MR) is 123 cm³/mol. The molecular formula is C23H27F5N4O5S. The minimum atomic E-state index is -4.91. The summed E-state index contributed by atoms with van der Waals surface area (Å²) in [5.74, 6) is -1.89. The van der Waals surface area contributed by atoms with Crippen LogP contribution >= 0.6 is 0 Å². The molecule has 1 aromatic carbocycles. The summed E-state index contributed by atoms with van der Waals surface area (Å²) in [6.45, 7) is 4.59. The lowest BCUT2D eigenvalue weighted by Crippen LogP contribution is -2.59. The summed E-state index contributed by atoms with van der Waals surface area (Å²) in [7, 11) is -3.69. The first-order valence-electron chi connectivity index (χ1n) is 11.6. The number of nitrogens with zero attached hydrogens (tertiary/aromatic N) is 3. The Balaban J connectivity index is 1.68. The van der Waals surface area contributed by atoms with Gasteiger partial charge in [-0.3, -0.25) is 4.90 Å². The van der Waals surface area contributed by atoms with Gasteiger partial charge in [0.25, 0.3) is 10.0 Å². The van der Waals surface area contributed by atoms with Gasteiger partial charge >= 0.3 is 12.3 Å². The van der Waals surface area contributed by atoms with E-state index in [0.29, 0.717) is 5.56 Å². The topological polar surface area (TPSA) is 103 Å². The molecule has 1 N–H and O–H groups in total. The van der Waals surface area contributed by atoms with Crippen molar-refractivity contribution in [3.63, 3.8) is 0 Å². The van der Waals surface area contributed by atoms with Crippen LogP contribution in [0.1, 0.15) is 50.1 Å². The molecule has 2 aliphatic rings. The van der Waals surface area contributed by atoms with E-state index >= 15 is 0 Å². The van der Waals surface area contributed by atoms with Gasteiger partial charge in [0.15, 0.2) is 6.10 Å². The third kappa shape index (κ3) is 6.10. The second-order valence-corrected chi connectivity index (χ2v) is 12.2. The monoisotopic (exact) mass is 566 g/mol. The lowest BCUT2D eigenvalue weighted by molar-refractivity contribution is -0.270. The van der Waals surface area contributed by atoms with Crippen molar-refractivity contribution in [2.75, 3.05) is 6.26 Å². The Kier molecular flexibility index (Phi) is 7.25. The fourth-order valence-corrected chi connectivity index (χ4v) is 5.23. The summed E-state index contributed by atoms with van der Waals surface area (Å²) >= 11 is 0. The van der Waals surface area contributed by atoms with Crippen LogP contribution in [0.2, 0.25) is 0 Å². The fourth-order valence-electron chi connectivity index (χ4n) is 4.66. The molecule has 0 aliphatic carbocycles. The third-order valence-electron chi connectivity index (χ3n) is 6.18. The van der Waals surface area contributed by atoms with Gasteiger partial charge in [0.2, 0.25) is 0 Å². The molecule has 2 aliphatic heterocycles. The SMILES string of the molecule is CC(C)(C)OC(=O)N[C@H]1CC(N2Cc3cn(S(C)(=O)=O)nc3C2)[C@H](C(F)(F)F)O[C@@H]1c1cc(F)ccc1F. The van der Waals surface area contributed by atoms with Crippen molar-refractivity contribution < 1.29 is 44.6 Å². The first kappa shape index (κ1) is 28.2. The van der Waals surface area contributed by atoms with Crippen molar-refractivity contribution in [3.05, 3.63) is 52.9 Å². The number of carbonyl (C=O) groups is 1. The van der Waals surface area contributed by atoms with Gasteiger partial charge in [-0.15, -0.1) is 0 Å². The van der Waals surface area contributed by atoms with E-state index in [0.717, 1.165) is 28.5 Å². The Bertz CT molecular complexity index is 1300. The Morgan fingerprint density at radius 2 is 1.87 bits per heavy atom. The minimum Gasteiger partial charge on any atom is -0.444 e. The van der Waals surface area contributed by atoms with E-state index in [2.05, 4.69) is 10.4 Å². The number of carbonyl (C=O) groups excluding carboxylic acids is 1. The van der Waals surface area contributed by atoms with Gasteiger partial charge in [0.1, 0.15) is 23.3 Å². The van der Waals surface area contributed by atoms with Crippen molar-refractivity contribution in [3.8, 4) is 0 Å². The molecule has 0 spiro atoms. The smallest absolute Gasteiger partial charge is 0.416 e.